The summed E-state index contributed by atoms with van der Waals surface area (Å²) in [5.41, 5.74) is -0.211. The van der Waals surface area contributed by atoms with Gasteiger partial charge in [0, 0.05) is 19.0 Å². The minimum atomic E-state index is -0.873. The molecule has 1 fully saturated rings. The van der Waals surface area contributed by atoms with Crippen LogP contribution in [0.3, 0.4) is 0 Å². The quantitative estimate of drug-likeness (QED) is 0.808. The van der Waals surface area contributed by atoms with Crippen molar-refractivity contribution in [3.05, 3.63) is 33.8 Å². The van der Waals surface area contributed by atoms with Crippen LogP contribution in [-0.4, -0.2) is 25.4 Å². The minimum absolute atomic E-state index is 0.208. The Morgan fingerprint density at radius 3 is 2.32 bits per heavy atom. The summed E-state index contributed by atoms with van der Waals surface area (Å²) in [6, 6.07) is 5.45. The molecule has 22 heavy (non-hydrogen) atoms. The maximum absolute atomic E-state index is 12.3. The zero-order chi connectivity index (χ0) is 16.5. The molecule has 0 spiro atoms. The molecule has 2 amide bonds. The molecule has 0 aromatic heterocycles. The first kappa shape index (κ1) is 17.1. The molecule has 0 bridgehead atoms. The van der Waals surface area contributed by atoms with E-state index in [2.05, 4.69) is 10.6 Å². The first-order chi connectivity index (χ1) is 10.2. The lowest BCUT2D eigenvalue weighted by Gasteiger charge is -2.27. The molecular weight excluding hydrogens is 323 g/mol. The van der Waals surface area contributed by atoms with Crippen molar-refractivity contribution in [3.63, 3.8) is 0 Å². The number of hydrogen-bond acceptors (Lipinski definition) is 2. The van der Waals surface area contributed by atoms with Crippen LogP contribution < -0.4 is 10.6 Å². The molecule has 2 N–H and O–H groups in total. The van der Waals surface area contributed by atoms with Crippen molar-refractivity contribution in [3.8, 4) is 0 Å². The fourth-order valence-corrected chi connectivity index (χ4v) is 2.71. The molecule has 0 unspecified atom stereocenters. The van der Waals surface area contributed by atoms with E-state index in [1.807, 2.05) is 26.0 Å². The minimum Gasteiger partial charge on any atom is -0.358 e. The highest BCUT2D eigenvalue weighted by molar-refractivity contribution is 6.42. The van der Waals surface area contributed by atoms with Gasteiger partial charge < -0.3 is 10.6 Å². The summed E-state index contributed by atoms with van der Waals surface area (Å²) in [6.07, 6.45) is 1.21. The first-order valence-electron chi connectivity index (χ1n) is 7.19. The second kappa shape index (κ2) is 6.09. The number of amides is 2. The topological polar surface area (TPSA) is 58.2 Å². The van der Waals surface area contributed by atoms with E-state index >= 15 is 0 Å². The van der Waals surface area contributed by atoms with Crippen molar-refractivity contribution >= 4 is 35.0 Å². The van der Waals surface area contributed by atoms with Crippen LogP contribution in [0.2, 0.25) is 10.0 Å². The molecule has 1 saturated carbocycles. The van der Waals surface area contributed by atoms with Crippen molar-refractivity contribution in [1.29, 1.82) is 0 Å². The summed E-state index contributed by atoms with van der Waals surface area (Å²) in [5, 5.41) is 6.45. The number of halogens is 2. The Kier molecular flexibility index (Phi) is 4.73. The van der Waals surface area contributed by atoms with Crippen LogP contribution in [0.25, 0.3) is 0 Å². The number of rotatable bonds is 5. The maximum atomic E-state index is 12.3. The summed E-state index contributed by atoms with van der Waals surface area (Å²) in [5.74, 6) is -0.419. The first-order valence-corrected chi connectivity index (χ1v) is 7.94. The lowest BCUT2D eigenvalue weighted by Crippen LogP contribution is -2.45. The highest BCUT2D eigenvalue weighted by Crippen LogP contribution is 2.46. The summed E-state index contributed by atoms with van der Waals surface area (Å²) in [4.78, 5) is 24.1. The third kappa shape index (κ3) is 3.23. The van der Waals surface area contributed by atoms with E-state index in [4.69, 9.17) is 23.2 Å². The van der Waals surface area contributed by atoms with Gasteiger partial charge in [-0.2, -0.15) is 0 Å². The molecule has 6 heteroatoms. The zero-order valence-corrected chi connectivity index (χ0v) is 14.4. The number of benzene rings is 1. The van der Waals surface area contributed by atoms with Crippen molar-refractivity contribution in [2.75, 3.05) is 13.6 Å². The average Bonchev–Trinajstić information content (AvgIpc) is 3.28. The van der Waals surface area contributed by atoms with Crippen LogP contribution in [0, 0.1) is 5.41 Å². The van der Waals surface area contributed by atoms with Crippen LogP contribution in [0.15, 0.2) is 18.2 Å². The number of nitrogens with one attached hydrogen (secondary N) is 2. The van der Waals surface area contributed by atoms with Gasteiger partial charge in [-0.1, -0.05) is 43.1 Å². The number of carbonyl (C=O) groups excluding carboxylic acids is 2. The lowest BCUT2D eigenvalue weighted by molar-refractivity contribution is -0.137. The van der Waals surface area contributed by atoms with Gasteiger partial charge in [0.15, 0.2) is 0 Å². The van der Waals surface area contributed by atoms with Gasteiger partial charge in [0.1, 0.15) is 5.41 Å². The Bertz CT molecular complexity index is 610. The molecule has 0 atom stereocenters. The summed E-state index contributed by atoms with van der Waals surface area (Å²) >= 11 is 12.0. The smallest absolute Gasteiger partial charge is 0.235 e. The lowest BCUT2D eigenvalue weighted by atomic mass is 9.84. The molecule has 2 rings (SSSR count). The van der Waals surface area contributed by atoms with Gasteiger partial charge in [0.25, 0.3) is 0 Å². The molecule has 120 valence electrons. The number of carbonyl (C=O) groups is 2. The summed E-state index contributed by atoms with van der Waals surface area (Å²) in [7, 11) is 1.55. The van der Waals surface area contributed by atoms with E-state index in [0.717, 1.165) is 5.56 Å². The Hall–Kier alpha value is -1.26. The Morgan fingerprint density at radius 1 is 1.18 bits per heavy atom. The van der Waals surface area contributed by atoms with E-state index in [-0.39, 0.29) is 17.2 Å². The Labute approximate surface area is 140 Å². The molecule has 1 aliphatic rings. The van der Waals surface area contributed by atoms with Gasteiger partial charge in [-0.15, -0.1) is 0 Å². The van der Waals surface area contributed by atoms with Crippen molar-refractivity contribution in [2.24, 2.45) is 5.41 Å². The van der Waals surface area contributed by atoms with Crippen molar-refractivity contribution in [1.82, 2.24) is 10.6 Å². The van der Waals surface area contributed by atoms with E-state index in [0.29, 0.717) is 29.4 Å². The van der Waals surface area contributed by atoms with Gasteiger partial charge in [0.05, 0.1) is 10.0 Å². The Morgan fingerprint density at radius 2 is 1.82 bits per heavy atom. The monoisotopic (exact) mass is 342 g/mol. The standard InChI is InChI=1S/C16H20Cl2N2O2/c1-15(2,10-4-5-11(17)12(18)8-10)9-20-14(22)16(6-7-16)13(21)19-3/h4-5,8H,6-7,9H2,1-3H3,(H,19,21)(H,20,22). The number of hydrogen-bond donors (Lipinski definition) is 2. The largest absolute Gasteiger partial charge is 0.358 e. The second-order valence-electron chi connectivity index (χ2n) is 6.36. The fourth-order valence-electron chi connectivity index (χ4n) is 2.41. The van der Waals surface area contributed by atoms with Crippen LogP contribution in [-0.2, 0) is 15.0 Å². The fraction of sp³-hybridized carbons (Fsp3) is 0.500. The third-order valence-corrected chi connectivity index (χ3v) is 4.98. The average molecular weight is 343 g/mol. The van der Waals surface area contributed by atoms with E-state index in [9.17, 15) is 9.59 Å². The van der Waals surface area contributed by atoms with Gasteiger partial charge in [-0.25, -0.2) is 0 Å². The Balaban J connectivity index is 2.05. The predicted molar refractivity (Wildman–Crippen MR) is 88.2 cm³/mol. The van der Waals surface area contributed by atoms with E-state index in [1.54, 1.807) is 13.1 Å². The zero-order valence-electron chi connectivity index (χ0n) is 12.9. The molecule has 1 aromatic rings. The molecule has 4 nitrogen and oxygen atoms in total. The van der Waals surface area contributed by atoms with Gasteiger partial charge >= 0.3 is 0 Å². The van der Waals surface area contributed by atoms with Crippen molar-refractivity contribution < 1.29 is 9.59 Å². The highest BCUT2D eigenvalue weighted by atomic mass is 35.5. The van der Waals surface area contributed by atoms with Gasteiger partial charge in [-0.05, 0) is 30.5 Å². The maximum Gasteiger partial charge on any atom is 0.235 e. The van der Waals surface area contributed by atoms with Crippen LogP contribution in [0.5, 0.6) is 0 Å². The SMILES string of the molecule is CNC(=O)C1(C(=O)NCC(C)(C)c2ccc(Cl)c(Cl)c2)CC1. The van der Waals surface area contributed by atoms with Gasteiger partial charge in [-0.3, -0.25) is 9.59 Å². The third-order valence-electron chi connectivity index (χ3n) is 4.24. The molecule has 1 aromatic carbocycles. The molecule has 0 aliphatic heterocycles. The molecule has 1 aliphatic carbocycles. The van der Waals surface area contributed by atoms with E-state index < -0.39 is 5.41 Å². The predicted octanol–water partition coefficient (Wildman–Crippen LogP) is 2.91. The van der Waals surface area contributed by atoms with E-state index in [1.165, 1.54) is 0 Å². The van der Waals surface area contributed by atoms with Gasteiger partial charge in [0.2, 0.25) is 11.8 Å². The van der Waals surface area contributed by atoms with Crippen LogP contribution in [0.4, 0.5) is 0 Å². The highest BCUT2D eigenvalue weighted by Gasteiger charge is 2.56. The van der Waals surface area contributed by atoms with Crippen LogP contribution in [0.1, 0.15) is 32.3 Å². The van der Waals surface area contributed by atoms with Crippen molar-refractivity contribution in [2.45, 2.75) is 32.1 Å². The summed E-state index contributed by atoms with van der Waals surface area (Å²) < 4.78 is 0. The normalized spacial score (nSPS) is 16.0. The molecule has 0 heterocycles. The van der Waals surface area contributed by atoms with Crippen LogP contribution >= 0.6 is 23.2 Å². The molecular formula is C16H20Cl2N2O2. The summed E-state index contributed by atoms with van der Waals surface area (Å²) in [6.45, 7) is 4.43. The molecule has 0 saturated heterocycles. The second-order valence-corrected chi connectivity index (χ2v) is 7.17. The molecule has 0 radical (unpaired) electrons.